The molecule has 1 aliphatic rings. The molecule has 0 aromatic heterocycles. The minimum Gasteiger partial charge on any atom is -0.490 e. The molecule has 1 aromatic rings. The zero-order valence-electron chi connectivity index (χ0n) is 17.9. The average Bonchev–Trinajstić information content (AvgIpc) is 2.62. The Labute approximate surface area is 170 Å². The maximum atomic E-state index is 12.3. The molecule has 0 heterocycles. The second kappa shape index (κ2) is 9.83. The van der Waals surface area contributed by atoms with Crippen molar-refractivity contribution in [1.82, 2.24) is 4.72 Å². The van der Waals surface area contributed by atoms with Gasteiger partial charge in [0.05, 0.1) is 18.0 Å². The zero-order chi connectivity index (χ0) is 20.8. The van der Waals surface area contributed by atoms with E-state index in [2.05, 4.69) is 10.0 Å². The lowest BCUT2D eigenvalue weighted by Crippen LogP contribution is -2.46. The van der Waals surface area contributed by atoms with Gasteiger partial charge in [0.2, 0.25) is 10.0 Å². The van der Waals surface area contributed by atoms with Gasteiger partial charge in [-0.1, -0.05) is 0 Å². The van der Waals surface area contributed by atoms with Crippen LogP contribution in [0.2, 0.25) is 0 Å². The number of hydrogen-bond acceptors (Lipinski definition) is 5. The Morgan fingerprint density at radius 3 is 2.18 bits per heavy atom. The highest BCUT2D eigenvalue weighted by Crippen LogP contribution is 2.32. The highest BCUT2D eigenvalue weighted by molar-refractivity contribution is 7.90. The van der Waals surface area contributed by atoms with Gasteiger partial charge < -0.3 is 14.8 Å². The van der Waals surface area contributed by atoms with Gasteiger partial charge in [-0.15, -0.1) is 0 Å². The summed E-state index contributed by atoms with van der Waals surface area (Å²) >= 11 is 0. The Hall–Kier alpha value is -1.47. The summed E-state index contributed by atoms with van der Waals surface area (Å²) in [6.45, 7) is 11.2. The molecule has 0 atom stereocenters. The number of sulfonamides is 1. The van der Waals surface area contributed by atoms with Gasteiger partial charge in [0.1, 0.15) is 0 Å². The van der Waals surface area contributed by atoms with E-state index in [9.17, 15) is 8.42 Å². The standard InChI is InChI=1S/C21H36N2O4S/c1-6-26-19-13-12-18(14-20(19)27-7-2)22-15-16-8-10-17(11-9-16)23-28(24,25)21(3,4)5/h12-14,16-17,22-23H,6-11,15H2,1-5H3/t16-,17-. The monoisotopic (exact) mass is 412 g/mol. The maximum absolute atomic E-state index is 12.3. The van der Waals surface area contributed by atoms with Crippen LogP contribution in [-0.2, 0) is 10.0 Å². The minimum atomic E-state index is -3.28. The minimum absolute atomic E-state index is 0.0514. The second-order valence-corrected chi connectivity index (χ2v) is 10.8. The largest absolute Gasteiger partial charge is 0.490 e. The molecule has 6 nitrogen and oxygen atoms in total. The van der Waals surface area contributed by atoms with E-state index in [4.69, 9.17) is 9.47 Å². The van der Waals surface area contributed by atoms with Crippen LogP contribution in [0.3, 0.4) is 0 Å². The molecule has 1 aromatic carbocycles. The van der Waals surface area contributed by atoms with Crippen molar-refractivity contribution in [3.05, 3.63) is 18.2 Å². The third-order valence-corrected chi connectivity index (χ3v) is 7.37. The Kier molecular flexibility index (Phi) is 8.01. The zero-order valence-corrected chi connectivity index (χ0v) is 18.7. The van der Waals surface area contributed by atoms with E-state index in [1.54, 1.807) is 20.8 Å². The highest BCUT2D eigenvalue weighted by Gasteiger charge is 2.32. The second-order valence-electron chi connectivity index (χ2n) is 8.36. The van der Waals surface area contributed by atoms with Gasteiger partial charge in [-0.3, -0.25) is 0 Å². The van der Waals surface area contributed by atoms with Gasteiger partial charge in [0.15, 0.2) is 11.5 Å². The van der Waals surface area contributed by atoms with Crippen LogP contribution in [0.15, 0.2) is 18.2 Å². The molecule has 2 N–H and O–H groups in total. The van der Waals surface area contributed by atoms with E-state index in [0.717, 1.165) is 49.4 Å². The molecule has 1 aliphatic carbocycles. The summed E-state index contributed by atoms with van der Waals surface area (Å²) in [5.74, 6) is 2.06. The number of hydrogen-bond donors (Lipinski definition) is 2. The van der Waals surface area contributed by atoms with E-state index in [0.29, 0.717) is 19.1 Å². The number of rotatable bonds is 9. The van der Waals surface area contributed by atoms with Crippen LogP contribution >= 0.6 is 0 Å². The fraction of sp³-hybridized carbons (Fsp3) is 0.714. The van der Waals surface area contributed by atoms with Crippen LogP contribution in [-0.4, -0.2) is 39.0 Å². The van der Waals surface area contributed by atoms with Crippen molar-refractivity contribution in [3.63, 3.8) is 0 Å². The first kappa shape index (κ1) is 22.8. The quantitative estimate of drug-likeness (QED) is 0.636. The number of nitrogens with one attached hydrogen (secondary N) is 2. The Morgan fingerprint density at radius 1 is 1.00 bits per heavy atom. The molecule has 1 fully saturated rings. The molecule has 0 radical (unpaired) electrons. The number of anilines is 1. The summed E-state index contributed by atoms with van der Waals surface area (Å²) in [7, 11) is -3.28. The lowest BCUT2D eigenvalue weighted by atomic mass is 9.86. The van der Waals surface area contributed by atoms with Crippen LogP contribution in [0.25, 0.3) is 0 Å². The van der Waals surface area contributed by atoms with E-state index in [1.807, 2.05) is 32.0 Å². The van der Waals surface area contributed by atoms with Gasteiger partial charge in [0.25, 0.3) is 0 Å². The lowest BCUT2D eigenvalue weighted by Gasteiger charge is -2.31. The smallest absolute Gasteiger partial charge is 0.216 e. The molecule has 0 saturated heterocycles. The first-order chi connectivity index (χ1) is 13.2. The first-order valence-electron chi connectivity index (χ1n) is 10.3. The van der Waals surface area contributed by atoms with Crippen LogP contribution in [0.5, 0.6) is 11.5 Å². The molecular formula is C21H36N2O4S. The summed E-state index contributed by atoms with van der Waals surface area (Å²) in [5.41, 5.74) is 1.02. The van der Waals surface area contributed by atoms with E-state index < -0.39 is 14.8 Å². The molecule has 1 saturated carbocycles. The molecule has 2 rings (SSSR count). The van der Waals surface area contributed by atoms with Crippen molar-refractivity contribution >= 4 is 15.7 Å². The lowest BCUT2D eigenvalue weighted by molar-refractivity contribution is 0.288. The molecule has 0 unspecified atom stereocenters. The first-order valence-corrected chi connectivity index (χ1v) is 11.8. The maximum Gasteiger partial charge on any atom is 0.216 e. The van der Waals surface area contributed by atoms with Gasteiger partial charge in [0, 0.05) is 24.3 Å². The van der Waals surface area contributed by atoms with Crippen LogP contribution in [0, 0.1) is 5.92 Å². The molecule has 7 heteroatoms. The van der Waals surface area contributed by atoms with Crippen molar-refractivity contribution in [2.24, 2.45) is 5.92 Å². The van der Waals surface area contributed by atoms with E-state index in [1.165, 1.54) is 0 Å². The molecule has 0 bridgehead atoms. The molecule has 160 valence electrons. The Bertz CT molecular complexity index is 720. The highest BCUT2D eigenvalue weighted by atomic mass is 32.2. The summed E-state index contributed by atoms with van der Waals surface area (Å²) in [4.78, 5) is 0. The topological polar surface area (TPSA) is 76.7 Å². The third-order valence-electron chi connectivity index (χ3n) is 5.11. The van der Waals surface area contributed by atoms with Crippen LogP contribution in [0.1, 0.15) is 60.3 Å². The SMILES string of the molecule is CCOc1ccc(NC[C@H]2CC[C@H](NS(=O)(=O)C(C)(C)C)CC2)cc1OCC. The number of benzene rings is 1. The van der Waals surface area contributed by atoms with E-state index in [-0.39, 0.29) is 6.04 Å². The fourth-order valence-electron chi connectivity index (χ4n) is 3.30. The average molecular weight is 413 g/mol. The van der Waals surface area contributed by atoms with Crippen molar-refractivity contribution in [2.45, 2.75) is 71.1 Å². The van der Waals surface area contributed by atoms with Gasteiger partial charge in [-0.05, 0) is 78.4 Å². The Morgan fingerprint density at radius 2 is 1.61 bits per heavy atom. The molecular weight excluding hydrogens is 376 g/mol. The number of ether oxygens (including phenoxy) is 2. The summed E-state index contributed by atoms with van der Waals surface area (Å²) in [6.07, 6.45) is 3.80. The van der Waals surface area contributed by atoms with Gasteiger partial charge >= 0.3 is 0 Å². The van der Waals surface area contributed by atoms with Gasteiger partial charge in [-0.2, -0.15) is 0 Å². The summed E-state index contributed by atoms with van der Waals surface area (Å²) in [5, 5.41) is 3.50. The molecule has 28 heavy (non-hydrogen) atoms. The van der Waals surface area contributed by atoms with Crippen LogP contribution in [0.4, 0.5) is 5.69 Å². The summed E-state index contributed by atoms with van der Waals surface area (Å²) < 4.78 is 38.1. The van der Waals surface area contributed by atoms with Crippen molar-refractivity contribution in [3.8, 4) is 11.5 Å². The predicted molar refractivity (Wildman–Crippen MR) is 115 cm³/mol. The Balaban J connectivity index is 1.85. The third kappa shape index (κ3) is 6.27. The fourth-order valence-corrected chi connectivity index (χ4v) is 4.33. The molecule has 0 aliphatic heterocycles. The predicted octanol–water partition coefficient (Wildman–Crippen LogP) is 4.17. The van der Waals surface area contributed by atoms with Crippen molar-refractivity contribution in [2.75, 3.05) is 25.1 Å². The molecule has 0 amide bonds. The van der Waals surface area contributed by atoms with E-state index >= 15 is 0 Å². The van der Waals surface area contributed by atoms with Crippen molar-refractivity contribution in [1.29, 1.82) is 0 Å². The normalized spacial score (nSPS) is 20.6. The van der Waals surface area contributed by atoms with Crippen LogP contribution < -0.4 is 19.5 Å². The van der Waals surface area contributed by atoms with Crippen molar-refractivity contribution < 1.29 is 17.9 Å². The van der Waals surface area contributed by atoms with Gasteiger partial charge in [-0.25, -0.2) is 13.1 Å². The molecule has 0 spiro atoms. The summed E-state index contributed by atoms with van der Waals surface area (Å²) in [6, 6.07) is 5.99.